The molecule has 1 aliphatic heterocycles. The fourth-order valence-electron chi connectivity index (χ4n) is 3.35. The van der Waals surface area contributed by atoms with Crippen molar-refractivity contribution in [2.45, 2.75) is 31.7 Å². The Morgan fingerprint density at radius 3 is 2.19 bits per heavy atom. The lowest BCUT2D eigenvalue weighted by molar-refractivity contribution is -0.137. The molecular weight excluding hydrogens is 348 g/mol. The first-order valence-electron chi connectivity index (χ1n) is 9.12. The molecule has 0 spiro atoms. The molecule has 1 heterocycles. The number of piperidine rings is 1. The lowest BCUT2D eigenvalue weighted by atomic mass is 10.0. The Labute approximate surface area is 159 Å². The van der Waals surface area contributed by atoms with Crippen molar-refractivity contribution in [1.82, 2.24) is 4.90 Å². The molecule has 0 radical (unpaired) electrons. The van der Waals surface area contributed by atoms with Crippen LogP contribution in [0.3, 0.4) is 0 Å². The molecule has 1 fully saturated rings. The van der Waals surface area contributed by atoms with Crippen LogP contribution in [-0.2, 0) is 11.2 Å². The smallest absolute Gasteiger partial charge is 0.304 e. The number of nitrogens with zero attached hydrogens (tertiary/aromatic N) is 1. The highest BCUT2D eigenvalue weighted by atomic mass is 35.5. The zero-order chi connectivity index (χ0) is 18.4. The van der Waals surface area contributed by atoms with Gasteiger partial charge in [-0.25, -0.2) is 0 Å². The number of benzene rings is 2. The van der Waals surface area contributed by atoms with Crippen LogP contribution in [0.5, 0.6) is 0 Å². The molecule has 1 saturated heterocycles. The molecule has 0 atom stereocenters. The third-order valence-corrected chi connectivity index (χ3v) is 5.13. The van der Waals surface area contributed by atoms with E-state index in [0.717, 1.165) is 43.1 Å². The Balaban J connectivity index is 1.46. The van der Waals surface area contributed by atoms with Crippen LogP contribution < -0.4 is 5.32 Å². The van der Waals surface area contributed by atoms with Crippen LogP contribution in [0.25, 0.3) is 0 Å². The van der Waals surface area contributed by atoms with Crippen LogP contribution >= 0.6 is 11.6 Å². The number of aliphatic carboxylic acids is 1. The largest absolute Gasteiger partial charge is 0.481 e. The summed E-state index contributed by atoms with van der Waals surface area (Å²) in [5, 5.41) is 13.1. The molecule has 0 unspecified atom stereocenters. The van der Waals surface area contributed by atoms with E-state index >= 15 is 0 Å². The van der Waals surface area contributed by atoms with Crippen LogP contribution in [0.4, 0.5) is 5.69 Å². The van der Waals surface area contributed by atoms with E-state index in [1.165, 1.54) is 11.1 Å². The molecule has 0 saturated carbocycles. The third kappa shape index (κ3) is 5.75. The highest BCUT2D eigenvalue weighted by Crippen LogP contribution is 2.19. The van der Waals surface area contributed by atoms with Gasteiger partial charge >= 0.3 is 5.97 Å². The first kappa shape index (κ1) is 18.7. The van der Waals surface area contributed by atoms with Crippen molar-refractivity contribution in [2.75, 3.05) is 25.0 Å². The summed E-state index contributed by atoms with van der Waals surface area (Å²) in [7, 11) is 0. The summed E-state index contributed by atoms with van der Waals surface area (Å²) in [5.74, 6) is -0.719. The van der Waals surface area contributed by atoms with Gasteiger partial charge in [-0.05, 0) is 54.7 Å². The maximum absolute atomic E-state index is 10.7. The topological polar surface area (TPSA) is 52.6 Å². The van der Waals surface area contributed by atoms with Gasteiger partial charge in [0.25, 0.3) is 0 Å². The van der Waals surface area contributed by atoms with Crippen molar-refractivity contribution in [1.29, 1.82) is 0 Å². The number of likely N-dealkylation sites (tertiary alicyclic amines) is 1. The summed E-state index contributed by atoms with van der Waals surface area (Å²) >= 11 is 5.93. The van der Waals surface area contributed by atoms with Gasteiger partial charge in [-0.2, -0.15) is 0 Å². The number of carbonyl (C=O) groups is 1. The molecule has 4 nitrogen and oxygen atoms in total. The minimum Gasteiger partial charge on any atom is -0.481 e. The summed E-state index contributed by atoms with van der Waals surface area (Å²) in [4.78, 5) is 12.9. The van der Waals surface area contributed by atoms with Crippen LogP contribution in [0.15, 0.2) is 48.5 Å². The summed E-state index contributed by atoms with van der Waals surface area (Å²) in [5.41, 5.74) is 3.68. The second-order valence-electron chi connectivity index (χ2n) is 6.90. The number of hydrogen-bond acceptors (Lipinski definition) is 3. The fourth-order valence-corrected chi connectivity index (χ4v) is 3.47. The summed E-state index contributed by atoms with van der Waals surface area (Å²) in [6.45, 7) is 2.57. The fraction of sp³-hybridized carbons (Fsp3) is 0.381. The molecule has 0 aliphatic carbocycles. The zero-order valence-electron chi connectivity index (χ0n) is 14.8. The summed E-state index contributed by atoms with van der Waals surface area (Å²) in [6.07, 6.45) is 3.23. The predicted octanol–water partition coefficient (Wildman–Crippen LogP) is 4.28. The number of carboxylic acid groups (broad SMARTS) is 1. The van der Waals surface area contributed by atoms with Crippen LogP contribution in [0.2, 0.25) is 5.02 Å². The number of carboxylic acids is 1. The summed E-state index contributed by atoms with van der Waals surface area (Å²) < 4.78 is 0. The van der Waals surface area contributed by atoms with Crippen LogP contribution in [0.1, 0.15) is 30.4 Å². The number of nitrogens with one attached hydrogen (secondary N) is 1. The maximum Gasteiger partial charge on any atom is 0.304 e. The predicted molar refractivity (Wildman–Crippen MR) is 106 cm³/mol. The quantitative estimate of drug-likeness (QED) is 0.761. The van der Waals surface area contributed by atoms with Crippen LogP contribution in [-0.4, -0.2) is 41.7 Å². The lowest BCUT2D eigenvalue weighted by Crippen LogP contribution is -2.39. The van der Waals surface area contributed by atoms with E-state index in [4.69, 9.17) is 16.7 Å². The Kier molecular flexibility index (Phi) is 6.53. The molecule has 138 valence electrons. The Morgan fingerprint density at radius 2 is 1.62 bits per heavy atom. The summed E-state index contributed by atoms with van der Waals surface area (Å²) in [6, 6.07) is 17.0. The molecule has 2 aromatic rings. The normalized spacial score (nSPS) is 15.7. The number of rotatable bonds is 7. The number of halogens is 1. The zero-order valence-corrected chi connectivity index (χ0v) is 15.6. The van der Waals surface area contributed by atoms with Gasteiger partial charge in [-0.1, -0.05) is 35.9 Å². The molecule has 3 rings (SSSR count). The number of hydrogen-bond donors (Lipinski definition) is 2. The first-order valence-corrected chi connectivity index (χ1v) is 9.50. The molecular formula is C21H25ClN2O2. The van der Waals surface area contributed by atoms with E-state index in [1.807, 2.05) is 12.1 Å². The van der Waals surface area contributed by atoms with Gasteiger partial charge in [0.1, 0.15) is 0 Å². The minimum absolute atomic E-state index is 0.229. The molecule has 5 heteroatoms. The molecule has 0 amide bonds. The van der Waals surface area contributed by atoms with Crippen LogP contribution in [0, 0.1) is 0 Å². The molecule has 26 heavy (non-hydrogen) atoms. The van der Waals surface area contributed by atoms with Crippen molar-refractivity contribution in [3.05, 3.63) is 64.7 Å². The van der Waals surface area contributed by atoms with Gasteiger partial charge in [0.15, 0.2) is 0 Å². The van der Waals surface area contributed by atoms with Crippen molar-refractivity contribution in [2.24, 2.45) is 0 Å². The van der Waals surface area contributed by atoms with Crippen molar-refractivity contribution >= 4 is 23.3 Å². The number of anilines is 1. The lowest BCUT2D eigenvalue weighted by Gasteiger charge is -2.32. The maximum atomic E-state index is 10.7. The van der Waals surface area contributed by atoms with Gasteiger partial charge < -0.3 is 15.3 Å². The molecule has 1 aliphatic rings. The van der Waals surface area contributed by atoms with E-state index in [2.05, 4.69) is 46.6 Å². The SMILES string of the molecule is O=C(O)CCN1CCC(Nc2ccc(Cc3ccc(Cl)cc3)cc2)CC1. The van der Waals surface area contributed by atoms with Gasteiger partial charge in [0.2, 0.25) is 0 Å². The van der Waals surface area contributed by atoms with E-state index < -0.39 is 5.97 Å². The third-order valence-electron chi connectivity index (χ3n) is 4.88. The Hall–Kier alpha value is -2.04. The first-order chi connectivity index (χ1) is 12.6. The second kappa shape index (κ2) is 9.06. The van der Waals surface area contributed by atoms with Gasteiger partial charge in [-0.15, -0.1) is 0 Å². The van der Waals surface area contributed by atoms with Gasteiger partial charge in [0.05, 0.1) is 6.42 Å². The Bertz CT molecular complexity index is 708. The highest BCUT2D eigenvalue weighted by molar-refractivity contribution is 6.30. The van der Waals surface area contributed by atoms with E-state index in [9.17, 15) is 4.79 Å². The van der Waals surface area contributed by atoms with E-state index in [1.54, 1.807) is 0 Å². The standard InChI is InChI=1S/C21H25ClN2O2/c22-18-5-1-16(2-6-18)15-17-3-7-19(8-4-17)23-20-9-12-24(13-10-20)14-11-21(25)26/h1-8,20,23H,9-15H2,(H,25,26). The molecule has 2 N–H and O–H groups in total. The Morgan fingerprint density at radius 1 is 1.04 bits per heavy atom. The minimum atomic E-state index is -0.719. The average molecular weight is 373 g/mol. The van der Waals surface area contributed by atoms with Crippen molar-refractivity contribution in [3.8, 4) is 0 Å². The van der Waals surface area contributed by atoms with E-state index in [0.29, 0.717) is 12.6 Å². The van der Waals surface area contributed by atoms with Crippen molar-refractivity contribution in [3.63, 3.8) is 0 Å². The monoisotopic (exact) mass is 372 g/mol. The molecule has 0 aromatic heterocycles. The van der Waals surface area contributed by atoms with E-state index in [-0.39, 0.29) is 6.42 Å². The average Bonchev–Trinajstić information content (AvgIpc) is 2.64. The van der Waals surface area contributed by atoms with Crippen molar-refractivity contribution < 1.29 is 9.90 Å². The van der Waals surface area contributed by atoms with Gasteiger partial charge in [0, 0.05) is 36.4 Å². The molecule has 2 aromatic carbocycles. The second-order valence-corrected chi connectivity index (χ2v) is 7.34. The molecule has 0 bridgehead atoms. The van der Waals surface area contributed by atoms with Gasteiger partial charge in [-0.3, -0.25) is 4.79 Å². The highest BCUT2D eigenvalue weighted by Gasteiger charge is 2.19.